The molecule has 1 aliphatic heterocycles. The van der Waals surface area contributed by atoms with Gasteiger partial charge in [-0.25, -0.2) is 4.79 Å². The first-order valence-corrected chi connectivity index (χ1v) is 12.8. The first-order chi connectivity index (χ1) is 16.9. The first kappa shape index (κ1) is 31.0. The van der Waals surface area contributed by atoms with Gasteiger partial charge in [-0.05, 0) is 37.5 Å². The lowest BCUT2D eigenvalue weighted by atomic mass is 9.88. The molecule has 0 unspecified atom stereocenters. The van der Waals surface area contributed by atoms with Gasteiger partial charge in [-0.15, -0.1) is 0 Å². The van der Waals surface area contributed by atoms with Crippen LogP contribution in [0.2, 0.25) is 0 Å². The molecule has 0 aromatic carbocycles. The van der Waals surface area contributed by atoms with Crippen molar-refractivity contribution < 1.29 is 28.8 Å². The Bertz CT molecular complexity index is 818. The summed E-state index contributed by atoms with van der Waals surface area (Å²) < 4.78 is 0. The van der Waals surface area contributed by atoms with Gasteiger partial charge in [0.15, 0.2) is 5.78 Å². The molecule has 0 saturated heterocycles. The fourth-order valence-electron chi connectivity index (χ4n) is 4.05. The number of Topliss-reactive ketones (excluding diaryl/α,β-unsaturated/α-hetero) is 2. The Morgan fingerprint density at radius 1 is 0.917 bits per heavy atom. The summed E-state index contributed by atoms with van der Waals surface area (Å²) in [5.74, 6) is -1.55. The van der Waals surface area contributed by atoms with Gasteiger partial charge in [-0.2, -0.15) is 0 Å². The zero-order valence-corrected chi connectivity index (χ0v) is 22.0. The van der Waals surface area contributed by atoms with E-state index in [1.54, 1.807) is 0 Å². The number of imide groups is 1. The van der Waals surface area contributed by atoms with Crippen LogP contribution in [0.15, 0.2) is 12.2 Å². The predicted molar refractivity (Wildman–Crippen MR) is 135 cm³/mol. The number of amides is 5. The van der Waals surface area contributed by atoms with Crippen molar-refractivity contribution in [2.75, 3.05) is 13.1 Å². The molecule has 10 heteroatoms. The van der Waals surface area contributed by atoms with Gasteiger partial charge < -0.3 is 16.4 Å². The van der Waals surface area contributed by atoms with Crippen LogP contribution in [0, 0.1) is 17.8 Å². The Labute approximate surface area is 213 Å². The summed E-state index contributed by atoms with van der Waals surface area (Å²) >= 11 is 0. The molecule has 1 aliphatic rings. The van der Waals surface area contributed by atoms with Crippen LogP contribution in [0.25, 0.3) is 0 Å². The van der Waals surface area contributed by atoms with Gasteiger partial charge in [0.05, 0.1) is 6.04 Å². The molecule has 4 N–H and O–H groups in total. The number of hydrogen-bond acceptors (Lipinski definition) is 6. The van der Waals surface area contributed by atoms with E-state index in [1.165, 1.54) is 17.1 Å². The molecule has 202 valence electrons. The maximum Gasteiger partial charge on any atom is 0.312 e. The van der Waals surface area contributed by atoms with Crippen molar-refractivity contribution >= 4 is 35.3 Å². The van der Waals surface area contributed by atoms with E-state index in [1.807, 2.05) is 27.7 Å². The second-order valence-corrected chi connectivity index (χ2v) is 10.1. The highest BCUT2D eigenvalue weighted by molar-refractivity contribution is 6.12. The van der Waals surface area contributed by atoms with E-state index < -0.39 is 18.0 Å². The summed E-state index contributed by atoms with van der Waals surface area (Å²) in [6.07, 6.45) is 5.99. The molecule has 10 nitrogen and oxygen atoms in total. The average Bonchev–Trinajstić information content (AvgIpc) is 3.10. The molecule has 0 aromatic heterocycles. The summed E-state index contributed by atoms with van der Waals surface area (Å²) in [6.45, 7) is 8.24. The summed E-state index contributed by atoms with van der Waals surface area (Å²) in [7, 11) is 0. The fourth-order valence-corrected chi connectivity index (χ4v) is 4.05. The Morgan fingerprint density at radius 2 is 1.56 bits per heavy atom. The molecule has 1 heterocycles. The SMILES string of the molecule is CC(C)CC(=O)[C@H](CCCNC(N)=O)NC(=O)[C@@H](CC(=O)CCCCCN1C(=O)C=CC1=O)C(C)C. The molecule has 0 fully saturated rings. The number of hydrogen-bond donors (Lipinski definition) is 3. The van der Waals surface area contributed by atoms with Crippen LogP contribution in [0.1, 0.15) is 79.1 Å². The van der Waals surface area contributed by atoms with Crippen LogP contribution in [0.5, 0.6) is 0 Å². The van der Waals surface area contributed by atoms with E-state index >= 15 is 0 Å². The van der Waals surface area contributed by atoms with Crippen LogP contribution in [-0.4, -0.2) is 59.4 Å². The highest BCUT2D eigenvalue weighted by Crippen LogP contribution is 2.19. The van der Waals surface area contributed by atoms with Crippen LogP contribution >= 0.6 is 0 Å². The highest BCUT2D eigenvalue weighted by atomic mass is 16.2. The summed E-state index contributed by atoms with van der Waals surface area (Å²) in [4.78, 5) is 73.6. The third kappa shape index (κ3) is 11.6. The number of nitrogens with zero attached hydrogens (tertiary/aromatic N) is 1. The largest absolute Gasteiger partial charge is 0.352 e. The van der Waals surface area contributed by atoms with Gasteiger partial charge in [0.2, 0.25) is 5.91 Å². The molecule has 0 radical (unpaired) electrons. The van der Waals surface area contributed by atoms with E-state index in [9.17, 15) is 28.8 Å². The second-order valence-electron chi connectivity index (χ2n) is 10.1. The van der Waals surface area contributed by atoms with Crippen molar-refractivity contribution in [3.63, 3.8) is 0 Å². The Balaban J connectivity index is 2.56. The number of carbonyl (C=O) groups excluding carboxylic acids is 6. The van der Waals surface area contributed by atoms with Crippen molar-refractivity contribution in [2.24, 2.45) is 23.5 Å². The maximum absolute atomic E-state index is 13.1. The third-order valence-electron chi connectivity index (χ3n) is 6.11. The zero-order valence-electron chi connectivity index (χ0n) is 22.0. The molecule has 5 amide bonds. The highest BCUT2D eigenvalue weighted by Gasteiger charge is 2.29. The van der Waals surface area contributed by atoms with Crippen LogP contribution in [0.3, 0.4) is 0 Å². The van der Waals surface area contributed by atoms with E-state index in [2.05, 4.69) is 10.6 Å². The van der Waals surface area contributed by atoms with Crippen molar-refractivity contribution in [3.8, 4) is 0 Å². The molecule has 0 spiro atoms. The van der Waals surface area contributed by atoms with Gasteiger partial charge in [0.1, 0.15) is 5.78 Å². The molecule has 0 saturated carbocycles. The molecule has 1 rings (SSSR count). The molecular formula is C26H42N4O6. The summed E-state index contributed by atoms with van der Waals surface area (Å²) in [5, 5.41) is 5.33. The van der Waals surface area contributed by atoms with Crippen molar-refractivity contribution in [2.45, 2.75) is 85.1 Å². The Kier molecular flexibility index (Phi) is 13.6. The summed E-state index contributed by atoms with van der Waals surface area (Å²) in [5.41, 5.74) is 5.08. The lowest BCUT2D eigenvalue weighted by Gasteiger charge is -2.24. The lowest BCUT2D eigenvalue weighted by Crippen LogP contribution is -2.46. The van der Waals surface area contributed by atoms with E-state index in [4.69, 9.17) is 5.73 Å². The van der Waals surface area contributed by atoms with Crippen LogP contribution in [-0.2, 0) is 24.0 Å². The standard InChI is InChI=1S/C26H42N4O6/c1-17(2)15-22(32)21(10-8-13-28-26(27)36)29-25(35)20(18(3)4)16-19(31)9-6-5-7-14-30-23(33)11-12-24(30)34/h11-12,17-18,20-21H,5-10,13-16H2,1-4H3,(H,29,35)(H3,27,28,36)/t20-,21-/m0/s1. The fraction of sp³-hybridized carbons (Fsp3) is 0.692. The van der Waals surface area contributed by atoms with Gasteiger partial charge >= 0.3 is 6.03 Å². The van der Waals surface area contributed by atoms with Gasteiger partial charge in [-0.3, -0.25) is 28.9 Å². The Morgan fingerprint density at radius 3 is 2.11 bits per heavy atom. The van der Waals surface area contributed by atoms with Crippen molar-refractivity contribution in [1.29, 1.82) is 0 Å². The minimum absolute atomic E-state index is 0.0328. The molecule has 0 bridgehead atoms. The molecule has 0 aromatic rings. The van der Waals surface area contributed by atoms with Gasteiger partial charge in [-0.1, -0.05) is 34.1 Å². The zero-order chi connectivity index (χ0) is 27.3. The first-order valence-electron chi connectivity index (χ1n) is 12.8. The summed E-state index contributed by atoms with van der Waals surface area (Å²) in [6, 6.07) is -1.33. The molecule has 0 aliphatic carbocycles. The topological polar surface area (TPSA) is 156 Å². The second kappa shape index (κ2) is 15.9. The minimum Gasteiger partial charge on any atom is -0.352 e. The number of urea groups is 1. The van der Waals surface area contributed by atoms with E-state index in [0.717, 1.165) is 0 Å². The number of carbonyl (C=O) groups is 6. The number of ketones is 2. The lowest BCUT2D eigenvalue weighted by molar-refractivity contribution is -0.137. The smallest absolute Gasteiger partial charge is 0.312 e. The number of rotatable bonds is 18. The third-order valence-corrected chi connectivity index (χ3v) is 6.11. The van der Waals surface area contributed by atoms with Gasteiger partial charge in [0.25, 0.3) is 11.8 Å². The number of nitrogens with two attached hydrogens (primary N) is 1. The molecular weight excluding hydrogens is 464 g/mol. The van der Waals surface area contributed by atoms with Crippen LogP contribution in [0.4, 0.5) is 4.79 Å². The molecule has 36 heavy (non-hydrogen) atoms. The van der Waals surface area contributed by atoms with Crippen molar-refractivity contribution in [1.82, 2.24) is 15.5 Å². The number of unbranched alkanes of at least 4 members (excludes halogenated alkanes) is 2. The van der Waals surface area contributed by atoms with Gasteiger partial charge in [0, 0.05) is 50.4 Å². The predicted octanol–water partition coefficient (Wildman–Crippen LogP) is 2.25. The quantitative estimate of drug-likeness (QED) is 0.191. The van der Waals surface area contributed by atoms with Crippen LogP contribution < -0.4 is 16.4 Å². The minimum atomic E-state index is -0.684. The maximum atomic E-state index is 13.1. The monoisotopic (exact) mass is 506 g/mol. The number of primary amides is 1. The number of nitrogens with one attached hydrogen (secondary N) is 2. The van der Waals surface area contributed by atoms with E-state index in [-0.39, 0.29) is 47.5 Å². The Hall–Kier alpha value is -3.04. The molecule has 2 atom stereocenters. The normalized spacial score (nSPS) is 14.9. The van der Waals surface area contributed by atoms with E-state index in [0.29, 0.717) is 58.0 Å². The van der Waals surface area contributed by atoms with Crippen molar-refractivity contribution in [3.05, 3.63) is 12.2 Å². The average molecular weight is 507 g/mol.